The molecule has 2 aromatic heterocycles. The van der Waals surface area contributed by atoms with Crippen LogP contribution in [0.3, 0.4) is 0 Å². The number of fused-ring (bicyclic) bond motifs is 1. The SMILES string of the molecule is CCOC(=O)[C@H](Cc1ccc(Oc2nccc3ccncc23)cc1)Nc1c(N2[C@@H](C)CC[C@@H]2C)c(=O)c1=O. The summed E-state index contributed by atoms with van der Waals surface area (Å²) < 4.78 is 11.3. The molecule has 1 saturated heterocycles. The van der Waals surface area contributed by atoms with Gasteiger partial charge in [0.05, 0.1) is 12.0 Å². The van der Waals surface area contributed by atoms with Crippen LogP contribution in [0.4, 0.5) is 11.4 Å². The summed E-state index contributed by atoms with van der Waals surface area (Å²) in [6.45, 7) is 6.02. The molecular weight excluding hydrogens is 484 g/mol. The van der Waals surface area contributed by atoms with Crippen molar-refractivity contribution in [1.82, 2.24) is 9.97 Å². The van der Waals surface area contributed by atoms with Crippen molar-refractivity contribution in [3.63, 3.8) is 0 Å². The standard InChI is InChI=1S/C29H30N4O5/c1-4-37-29(36)23(32-24-25(27(35)26(24)34)33-17(2)5-6-18(33)3)15-19-7-9-21(10-8-19)38-28-22-16-30-13-11-20(22)12-14-31-28/h7-14,16-18,23,32H,4-6,15H2,1-3H3/t17-,18-,23-/m0/s1. The van der Waals surface area contributed by atoms with Crippen LogP contribution >= 0.6 is 0 Å². The molecule has 0 aliphatic carbocycles. The van der Waals surface area contributed by atoms with Crippen LogP contribution in [0.5, 0.6) is 11.6 Å². The highest BCUT2D eigenvalue weighted by molar-refractivity contribution is 5.86. The summed E-state index contributed by atoms with van der Waals surface area (Å²) in [7, 11) is 0. The minimum atomic E-state index is -0.831. The molecule has 5 rings (SSSR count). The number of hydrogen-bond acceptors (Lipinski definition) is 9. The van der Waals surface area contributed by atoms with E-state index in [1.807, 2.05) is 43.0 Å². The topological polar surface area (TPSA) is 111 Å². The predicted molar refractivity (Wildman–Crippen MR) is 146 cm³/mol. The number of rotatable bonds is 9. The maximum Gasteiger partial charge on any atom is 0.328 e. The van der Waals surface area contributed by atoms with E-state index in [0.717, 1.165) is 29.2 Å². The van der Waals surface area contributed by atoms with Gasteiger partial charge in [0.2, 0.25) is 5.88 Å². The Labute approximate surface area is 220 Å². The van der Waals surface area contributed by atoms with Crippen molar-refractivity contribution < 1.29 is 14.3 Å². The molecule has 0 unspecified atom stereocenters. The molecule has 196 valence electrons. The number of pyridine rings is 2. The number of aromatic nitrogens is 2. The van der Waals surface area contributed by atoms with E-state index in [1.165, 1.54) is 0 Å². The van der Waals surface area contributed by atoms with E-state index in [0.29, 0.717) is 17.3 Å². The average Bonchev–Trinajstić information content (AvgIpc) is 3.25. The number of ether oxygens (including phenoxy) is 2. The second-order valence-corrected chi connectivity index (χ2v) is 9.68. The molecule has 0 spiro atoms. The van der Waals surface area contributed by atoms with Gasteiger partial charge in [-0.2, -0.15) is 0 Å². The van der Waals surface area contributed by atoms with E-state index < -0.39 is 22.9 Å². The van der Waals surface area contributed by atoms with Crippen molar-refractivity contribution in [1.29, 1.82) is 0 Å². The molecule has 9 heteroatoms. The van der Waals surface area contributed by atoms with E-state index in [4.69, 9.17) is 9.47 Å². The van der Waals surface area contributed by atoms with Crippen molar-refractivity contribution in [3.05, 3.63) is 81.0 Å². The van der Waals surface area contributed by atoms with Crippen LogP contribution in [0.2, 0.25) is 0 Å². The van der Waals surface area contributed by atoms with E-state index in [1.54, 1.807) is 37.6 Å². The highest BCUT2D eigenvalue weighted by Crippen LogP contribution is 2.33. The van der Waals surface area contributed by atoms with Crippen LogP contribution in [0.15, 0.2) is 64.6 Å². The number of nitrogens with zero attached hydrogens (tertiary/aromatic N) is 3. The van der Waals surface area contributed by atoms with Crippen LogP contribution in [-0.4, -0.2) is 40.7 Å². The second-order valence-electron chi connectivity index (χ2n) is 9.68. The van der Waals surface area contributed by atoms with Gasteiger partial charge in [-0.1, -0.05) is 12.1 Å². The Balaban J connectivity index is 1.35. The average molecular weight is 515 g/mol. The molecule has 1 fully saturated rings. The zero-order valence-electron chi connectivity index (χ0n) is 21.6. The van der Waals surface area contributed by atoms with Gasteiger partial charge in [-0.15, -0.1) is 0 Å². The molecule has 0 bridgehead atoms. The quantitative estimate of drug-likeness (QED) is 0.262. The lowest BCUT2D eigenvalue weighted by Gasteiger charge is -2.32. The van der Waals surface area contributed by atoms with E-state index in [2.05, 4.69) is 15.3 Å². The largest absolute Gasteiger partial charge is 0.464 e. The minimum Gasteiger partial charge on any atom is -0.464 e. The zero-order valence-corrected chi connectivity index (χ0v) is 21.6. The smallest absolute Gasteiger partial charge is 0.328 e. The molecule has 0 radical (unpaired) electrons. The Kier molecular flexibility index (Phi) is 7.09. The van der Waals surface area contributed by atoms with Gasteiger partial charge in [0, 0.05) is 37.1 Å². The lowest BCUT2D eigenvalue weighted by molar-refractivity contribution is -0.144. The Bertz CT molecular complexity index is 1510. The summed E-state index contributed by atoms with van der Waals surface area (Å²) in [5.41, 5.74) is 0.307. The van der Waals surface area contributed by atoms with Gasteiger partial charge in [0.15, 0.2) is 0 Å². The van der Waals surface area contributed by atoms with Crippen molar-refractivity contribution >= 4 is 28.1 Å². The zero-order chi connectivity index (χ0) is 26.8. The van der Waals surface area contributed by atoms with Crippen LogP contribution in [0.1, 0.15) is 39.2 Å². The molecule has 3 atom stereocenters. The Morgan fingerprint density at radius 3 is 2.47 bits per heavy atom. The molecular formula is C29H30N4O5. The van der Waals surface area contributed by atoms with Gasteiger partial charge in [0.25, 0.3) is 10.9 Å². The van der Waals surface area contributed by atoms with Gasteiger partial charge < -0.3 is 19.7 Å². The minimum absolute atomic E-state index is 0.148. The summed E-state index contributed by atoms with van der Waals surface area (Å²) in [4.78, 5) is 48.4. The molecule has 0 amide bonds. The number of hydrogen-bond donors (Lipinski definition) is 1. The fraction of sp³-hybridized carbons (Fsp3) is 0.345. The Hall–Kier alpha value is -4.27. The monoisotopic (exact) mass is 514 g/mol. The van der Waals surface area contributed by atoms with Crippen LogP contribution in [0, 0.1) is 0 Å². The normalized spacial score (nSPS) is 18.0. The van der Waals surface area contributed by atoms with E-state index >= 15 is 0 Å². The summed E-state index contributed by atoms with van der Waals surface area (Å²) in [5.74, 6) is 0.550. The molecule has 9 nitrogen and oxygen atoms in total. The first kappa shape index (κ1) is 25.4. The van der Waals surface area contributed by atoms with Gasteiger partial charge in [-0.3, -0.25) is 14.6 Å². The number of carbonyl (C=O) groups is 1. The third-order valence-corrected chi connectivity index (χ3v) is 7.09. The van der Waals surface area contributed by atoms with Crippen LogP contribution < -0.4 is 25.8 Å². The maximum absolute atomic E-state index is 12.8. The van der Waals surface area contributed by atoms with Gasteiger partial charge in [-0.05, 0) is 68.8 Å². The highest BCUT2D eigenvalue weighted by Gasteiger charge is 2.37. The summed E-state index contributed by atoms with van der Waals surface area (Å²) in [6, 6.07) is 10.5. The number of carbonyl (C=O) groups excluding carboxylic acids is 1. The molecule has 1 aliphatic rings. The third kappa shape index (κ3) is 4.83. The molecule has 0 saturated carbocycles. The molecule has 4 aromatic rings. The van der Waals surface area contributed by atoms with Crippen molar-refractivity contribution in [3.8, 4) is 11.6 Å². The number of nitrogens with one attached hydrogen (secondary N) is 1. The van der Waals surface area contributed by atoms with Crippen LogP contribution in [-0.2, 0) is 16.0 Å². The summed E-state index contributed by atoms with van der Waals surface area (Å²) in [5, 5.41) is 4.83. The van der Waals surface area contributed by atoms with Crippen molar-refractivity contribution in [2.45, 2.75) is 58.2 Å². The number of anilines is 2. The number of esters is 1. The first-order valence-electron chi connectivity index (χ1n) is 12.9. The molecule has 1 aliphatic heterocycles. The first-order valence-corrected chi connectivity index (χ1v) is 12.9. The fourth-order valence-electron chi connectivity index (χ4n) is 5.11. The third-order valence-electron chi connectivity index (χ3n) is 7.09. The maximum atomic E-state index is 12.8. The highest BCUT2D eigenvalue weighted by atomic mass is 16.5. The van der Waals surface area contributed by atoms with E-state index in [-0.39, 0.29) is 30.8 Å². The molecule has 3 heterocycles. The van der Waals surface area contributed by atoms with Crippen molar-refractivity contribution in [2.24, 2.45) is 0 Å². The fourth-order valence-corrected chi connectivity index (χ4v) is 5.11. The summed E-state index contributed by atoms with van der Waals surface area (Å²) in [6.07, 6.45) is 7.26. The van der Waals surface area contributed by atoms with Gasteiger partial charge in [0.1, 0.15) is 23.2 Å². The first-order chi connectivity index (χ1) is 18.4. The summed E-state index contributed by atoms with van der Waals surface area (Å²) >= 11 is 0. The molecule has 2 aromatic carbocycles. The number of benzene rings is 1. The molecule has 1 N–H and O–H groups in total. The van der Waals surface area contributed by atoms with Gasteiger partial charge >= 0.3 is 5.97 Å². The Morgan fingerprint density at radius 1 is 1.05 bits per heavy atom. The second kappa shape index (κ2) is 10.6. The molecule has 38 heavy (non-hydrogen) atoms. The lowest BCUT2D eigenvalue weighted by atomic mass is 10.0. The lowest BCUT2D eigenvalue weighted by Crippen LogP contribution is -2.48. The van der Waals surface area contributed by atoms with E-state index in [9.17, 15) is 14.4 Å². The predicted octanol–water partition coefficient (Wildman–Crippen LogP) is 3.98. The van der Waals surface area contributed by atoms with Crippen molar-refractivity contribution in [2.75, 3.05) is 16.8 Å². The van der Waals surface area contributed by atoms with Crippen LogP contribution in [0.25, 0.3) is 10.8 Å². The van der Waals surface area contributed by atoms with Gasteiger partial charge in [-0.25, -0.2) is 9.78 Å². The Morgan fingerprint density at radius 2 is 1.76 bits per heavy atom.